The van der Waals surface area contributed by atoms with E-state index in [2.05, 4.69) is 4.98 Å². The van der Waals surface area contributed by atoms with Crippen LogP contribution in [0.5, 0.6) is 0 Å². The Labute approximate surface area is 111 Å². The number of benzene rings is 1. The lowest BCUT2D eigenvalue weighted by Crippen LogP contribution is -2.08. The van der Waals surface area contributed by atoms with E-state index in [0.717, 1.165) is 24.0 Å². The summed E-state index contributed by atoms with van der Waals surface area (Å²) in [5, 5.41) is 10.5. The number of aryl methyl sites for hydroxylation is 1. The van der Waals surface area contributed by atoms with Crippen LogP contribution in [0.25, 0.3) is 11.0 Å². The van der Waals surface area contributed by atoms with Crippen LogP contribution < -0.4 is 0 Å². The maximum atomic E-state index is 9.80. The fourth-order valence-corrected chi connectivity index (χ4v) is 2.34. The zero-order chi connectivity index (χ0) is 13.1. The fraction of sp³-hybridized carbons (Fsp3) is 0.462. The zero-order valence-electron chi connectivity index (χ0n) is 10.6. The maximum Gasteiger partial charge on any atom is 0.138 e. The van der Waals surface area contributed by atoms with Gasteiger partial charge in [0.1, 0.15) is 11.9 Å². The number of fused-ring (bicyclic) bond motifs is 1. The summed E-state index contributed by atoms with van der Waals surface area (Å²) < 4.78 is 7.03. The normalized spacial score (nSPS) is 13.1. The van der Waals surface area contributed by atoms with Crippen LogP contribution in [0.1, 0.15) is 25.3 Å². The molecule has 1 heterocycles. The molecule has 98 valence electrons. The number of rotatable bonds is 5. The Balaban J connectivity index is 2.47. The number of halogens is 1. The Kier molecular flexibility index (Phi) is 4.22. The number of imidazole rings is 1. The van der Waals surface area contributed by atoms with E-state index in [1.165, 1.54) is 0 Å². The van der Waals surface area contributed by atoms with Gasteiger partial charge in [-0.25, -0.2) is 4.98 Å². The molecule has 0 saturated carbocycles. The van der Waals surface area contributed by atoms with Crippen molar-refractivity contribution in [3.8, 4) is 0 Å². The predicted octanol–water partition coefficient (Wildman–Crippen LogP) is 2.78. The van der Waals surface area contributed by atoms with E-state index in [9.17, 15) is 5.11 Å². The largest absolute Gasteiger partial charge is 0.385 e. The average Bonchev–Trinajstić information content (AvgIpc) is 2.70. The van der Waals surface area contributed by atoms with E-state index in [0.29, 0.717) is 17.5 Å². The Morgan fingerprint density at radius 3 is 2.94 bits per heavy atom. The van der Waals surface area contributed by atoms with Gasteiger partial charge in [-0.15, -0.1) is 0 Å². The van der Waals surface area contributed by atoms with Gasteiger partial charge in [-0.1, -0.05) is 17.7 Å². The molecule has 5 heteroatoms. The zero-order valence-corrected chi connectivity index (χ0v) is 11.3. The molecule has 1 aromatic carbocycles. The standard InChI is InChI=1S/C13H17ClN2O2/c1-9(17)13-15-11-6-3-5-10(14)12(11)16(13)7-4-8-18-2/h3,5-6,9,17H,4,7-8H2,1-2H3/t9-/m1/s1. The second-order valence-electron chi connectivity index (χ2n) is 4.25. The summed E-state index contributed by atoms with van der Waals surface area (Å²) in [6, 6.07) is 5.60. The first-order chi connectivity index (χ1) is 8.65. The van der Waals surface area contributed by atoms with Crippen LogP contribution in [-0.2, 0) is 11.3 Å². The maximum absolute atomic E-state index is 9.80. The van der Waals surface area contributed by atoms with Crippen LogP contribution in [0.2, 0.25) is 5.02 Å². The predicted molar refractivity (Wildman–Crippen MR) is 71.9 cm³/mol. The van der Waals surface area contributed by atoms with Gasteiger partial charge in [-0.3, -0.25) is 0 Å². The molecule has 0 aliphatic heterocycles. The van der Waals surface area contributed by atoms with Crippen molar-refractivity contribution in [3.63, 3.8) is 0 Å². The summed E-state index contributed by atoms with van der Waals surface area (Å²) in [5.41, 5.74) is 1.70. The minimum absolute atomic E-state index is 0.615. The molecule has 0 bridgehead atoms. The number of nitrogens with zero attached hydrogens (tertiary/aromatic N) is 2. The van der Waals surface area contributed by atoms with E-state index in [1.807, 2.05) is 22.8 Å². The number of hydrogen-bond acceptors (Lipinski definition) is 3. The number of ether oxygens (including phenoxy) is 1. The Morgan fingerprint density at radius 1 is 1.50 bits per heavy atom. The third kappa shape index (κ3) is 2.51. The first-order valence-corrected chi connectivity index (χ1v) is 6.34. The molecule has 0 spiro atoms. The molecular weight excluding hydrogens is 252 g/mol. The number of hydrogen-bond donors (Lipinski definition) is 1. The summed E-state index contributed by atoms with van der Waals surface area (Å²) in [6.07, 6.45) is 0.239. The summed E-state index contributed by atoms with van der Waals surface area (Å²) in [4.78, 5) is 4.44. The third-order valence-corrected chi connectivity index (χ3v) is 3.16. The summed E-state index contributed by atoms with van der Waals surface area (Å²) in [7, 11) is 1.68. The van der Waals surface area contributed by atoms with Crippen LogP contribution in [-0.4, -0.2) is 28.4 Å². The molecule has 0 radical (unpaired) electrons. The van der Waals surface area contributed by atoms with Crippen LogP contribution >= 0.6 is 11.6 Å². The quantitative estimate of drug-likeness (QED) is 0.849. The molecule has 1 atom stereocenters. The van der Waals surface area contributed by atoms with E-state index in [-0.39, 0.29) is 0 Å². The Bertz CT molecular complexity index is 537. The van der Waals surface area contributed by atoms with Gasteiger partial charge in [0.2, 0.25) is 0 Å². The van der Waals surface area contributed by atoms with Crippen molar-refractivity contribution >= 4 is 22.6 Å². The first kappa shape index (κ1) is 13.3. The molecule has 0 saturated heterocycles. The van der Waals surface area contributed by atoms with Gasteiger partial charge in [-0.2, -0.15) is 0 Å². The summed E-state index contributed by atoms with van der Waals surface area (Å²) in [5.74, 6) is 0.647. The van der Waals surface area contributed by atoms with Crippen molar-refractivity contribution in [1.82, 2.24) is 9.55 Å². The molecule has 0 unspecified atom stereocenters. The van der Waals surface area contributed by atoms with Crippen LogP contribution in [0.15, 0.2) is 18.2 Å². The molecule has 4 nitrogen and oxygen atoms in total. The first-order valence-electron chi connectivity index (χ1n) is 5.96. The Hall–Kier alpha value is -1.10. The number of para-hydroxylation sites is 1. The van der Waals surface area contributed by atoms with Gasteiger partial charge in [0.05, 0.1) is 16.1 Å². The van der Waals surface area contributed by atoms with Gasteiger partial charge in [-0.05, 0) is 25.5 Å². The molecule has 0 fully saturated rings. The van der Waals surface area contributed by atoms with Gasteiger partial charge >= 0.3 is 0 Å². The average molecular weight is 269 g/mol. The van der Waals surface area contributed by atoms with Gasteiger partial charge in [0.15, 0.2) is 0 Å². The number of aromatic nitrogens is 2. The lowest BCUT2D eigenvalue weighted by molar-refractivity contribution is 0.175. The van der Waals surface area contributed by atoms with E-state index < -0.39 is 6.10 Å². The summed E-state index contributed by atoms with van der Waals surface area (Å²) in [6.45, 7) is 3.11. The van der Waals surface area contributed by atoms with Crippen LogP contribution in [0.3, 0.4) is 0 Å². The molecule has 18 heavy (non-hydrogen) atoms. The van der Waals surface area contributed by atoms with Crippen LogP contribution in [0.4, 0.5) is 0 Å². The monoisotopic (exact) mass is 268 g/mol. The van der Waals surface area contributed by atoms with Crippen molar-refractivity contribution in [3.05, 3.63) is 29.0 Å². The van der Waals surface area contributed by atoms with Gasteiger partial charge in [0, 0.05) is 20.3 Å². The molecule has 2 rings (SSSR count). The van der Waals surface area contributed by atoms with E-state index in [1.54, 1.807) is 14.0 Å². The number of aliphatic hydroxyl groups is 1. The molecular formula is C13H17ClN2O2. The smallest absolute Gasteiger partial charge is 0.138 e. The van der Waals surface area contributed by atoms with Gasteiger partial charge < -0.3 is 14.4 Å². The molecule has 1 N–H and O–H groups in total. The Morgan fingerprint density at radius 2 is 2.28 bits per heavy atom. The number of aliphatic hydroxyl groups excluding tert-OH is 1. The fourth-order valence-electron chi connectivity index (χ4n) is 2.07. The van der Waals surface area contributed by atoms with Crippen molar-refractivity contribution in [2.45, 2.75) is 26.0 Å². The highest BCUT2D eigenvalue weighted by Gasteiger charge is 2.16. The third-order valence-electron chi connectivity index (χ3n) is 2.85. The van der Waals surface area contributed by atoms with E-state index >= 15 is 0 Å². The van der Waals surface area contributed by atoms with Gasteiger partial charge in [0.25, 0.3) is 0 Å². The highest BCUT2D eigenvalue weighted by Crippen LogP contribution is 2.27. The second-order valence-corrected chi connectivity index (χ2v) is 4.66. The molecule has 0 aliphatic rings. The van der Waals surface area contributed by atoms with Crippen molar-refractivity contribution in [1.29, 1.82) is 0 Å². The van der Waals surface area contributed by atoms with Crippen LogP contribution in [0, 0.1) is 0 Å². The van der Waals surface area contributed by atoms with Crippen molar-refractivity contribution in [2.24, 2.45) is 0 Å². The van der Waals surface area contributed by atoms with E-state index in [4.69, 9.17) is 16.3 Å². The highest BCUT2D eigenvalue weighted by molar-refractivity contribution is 6.35. The molecule has 0 amide bonds. The highest BCUT2D eigenvalue weighted by atomic mass is 35.5. The second kappa shape index (κ2) is 5.69. The molecule has 0 aliphatic carbocycles. The lowest BCUT2D eigenvalue weighted by Gasteiger charge is -2.11. The van der Waals surface area contributed by atoms with Crippen molar-refractivity contribution in [2.75, 3.05) is 13.7 Å². The van der Waals surface area contributed by atoms with Crippen molar-refractivity contribution < 1.29 is 9.84 Å². The summed E-state index contributed by atoms with van der Waals surface area (Å²) >= 11 is 6.22. The SMILES string of the molecule is COCCCn1c([C@@H](C)O)nc2cccc(Cl)c21. The minimum Gasteiger partial charge on any atom is -0.385 e. The number of methoxy groups -OCH3 is 1. The minimum atomic E-state index is -0.615. The molecule has 1 aromatic heterocycles. The lowest BCUT2D eigenvalue weighted by atomic mass is 10.3. The molecule has 2 aromatic rings. The topological polar surface area (TPSA) is 47.3 Å².